The maximum atomic E-state index is 13.1. The number of oxime groups is 1. The summed E-state index contributed by atoms with van der Waals surface area (Å²) in [6, 6.07) is 15.8. The summed E-state index contributed by atoms with van der Waals surface area (Å²) in [4.78, 5) is 25.5. The van der Waals surface area contributed by atoms with Crippen LogP contribution in [0.15, 0.2) is 46.3 Å². The van der Waals surface area contributed by atoms with Crippen LogP contribution in [0.1, 0.15) is 68.8 Å². The number of nitrogens with zero attached hydrogens (tertiary/aromatic N) is 6. The number of hydrogen-bond donors (Lipinski definition) is 0. The average Bonchev–Trinajstić information content (AvgIpc) is 2.90. The third-order valence-electron chi connectivity index (χ3n) is 7.26. The highest BCUT2D eigenvalue weighted by Crippen LogP contribution is 2.35. The first-order chi connectivity index (χ1) is 18.1. The van der Waals surface area contributed by atoms with Crippen LogP contribution in [0.2, 0.25) is 0 Å². The molecule has 0 aliphatic heterocycles. The Kier molecular flexibility index (Phi) is 7.55. The van der Waals surface area contributed by atoms with Crippen molar-refractivity contribution in [2.45, 2.75) is 65.0 Å². The van der Waals surface area contributed by atoms with E-state index in [1.165, 1.54) is 4.57 Å². The van der Waals surface area contributed by atoms with Crippen LogP contribution < -0.4 is 10.5 Å². The van der Waals surface area contributed by atoms with E-state index in [2.05, 4.69) is 41.3 Å². The molecule has 0 atom stereocenters. The van der Waals surface area contributed by atoms with Crippen molar-refractivity contribution >= 4 is 22.4 Å². The number of pyridine rings is 2. The minimum atomic E-state index is -0.394. The lowest BCUT2D eigenvalue weighted by Crippen LogP contribution is -2.39. The van der Waals surface area contributed by atoms with Gasteiger partial charge in [-0.05, 0) is 71.1 Å². The Balaban J connectivity index is 1.67. The summed E-state index contributed by atoms with van der Waals surface area (Å²) in [5.74, 6) is 0.224. The van der Waals surface area contributed by atoms with Gasteiger partial charge in [0, 0.05) is 31.6 Å². The van der Waals surface area contributed by atoms with E-state index < -0.39 is 5.60 Å². The van der Waals surface area contributed by atoms with Crippen molar-refractivity contribution in [3.05, 3.63) is 69.1 Å². The molecule has 1 aliphatic rings. The summed E-state index contributed by atoms with van der Waals surface area (Å²) in [7, 11) is 3.54. The van der Waals surface area contributed by atoms with Gasteiger partial charge in [-0.1, -0.05) is 29.4 Å². The van der Waals surface area contributed by atoms with Crippen LogP contribution in [0.4, 0.5) is 5.69 Å². The molecule has 1 fully saturated rings. The van der Waals surface area contributed by atoms with Gasteiger partial charge in [0.25, 0.3) is 5.56 Å². The molecule has 0 unspecified atom stereocenters. The fourth-order valence-corrected chi connectivity index (χ4v) is 5.21. The molecule has 0 amide bonds. The molecule has 2 aromatic heterocycles. The Bertz CT molecular complexity index is 1530. The first kappa shape index (κ1) is 26.9. The Morgan fingerprint density at radius 1 is 1.11 bits per heavy atom. The predicted octanol–water partition coefficient (Wildman–Crippen LogP) is 5.20. The molecule has 2 heterocycles. The molecule has 3 aromatic rings. The van der Waals surface area contributed by atoms with Gasteiger partial charge < -0.3 is 14.3 Å². The zero-order valence-corrected chi connectivity index (χ0v) is 22.9. The zero-order valence-electron chi connectivity index (χ0n) is 22.9. The highest BCUT2D eigenvalue weighted by atomic mass is 16.6. The molecule has 0 spiro atoms. The third kappa shape index (κ3) is 5.26. The highest BCUT2D eigenvalue weighted by molar-refractivity contribution is 6.03. The molecule has 1 saturated carbocycles. The van der Waals surface area contributed by atoms with Gasteiger partial charge in [0.2, 0.25) is 0 Å². The van der Waals surface area contributed by atoms with E-state index in [4.69, 9.17) is 4.84 Å². The second kappa shape index (κ2) is 10.7. The molecule has 38 heavy (non-hydrogen) atoms. The van der Waals surface area contributed by atoms with Gasteiger partial charge in [-0.15, -0.1) is 0 Å². The molecule has 0 saturated heterocycles. The van der Waals surface area contributed by atoms with Gasteiger partial charge in [-0.25, -0.2) is 4.98 Å². The number of aryl methyl sites for hydroxylation is 2. The Morgan fingerprint density at radius 3 is 2.39 bits per heavy atom. The number of nitriles is 2. The second-order valence-corrected chi connectivity index (χ2v) is 11.0. The third-order valence-corrected chi connectivity index (χ3v) is 7.26. The van der Waals surface area contributed by atoms with Crippen LogP contribution in [0.5, 0.6) is 0 Å². The van der Waals surface area contributed by atoms with Gasteiger partial charge in [0.05, 0.1) is 16.9 Å². The summed E-state index contributed by atoms with van der Waals surface area (Å²) < 4.78 is 1.43. The van der Waals surface area contributed by atoms with Crippen LogP contribution in [0.3, 0.4) is 0 Å². The summed E-state index contributed by atoms with van der Waals surface area (Å²) in [6.45, 7) is 8.06. The molecule has 1 aliphatic carbocycles. The number of fused-ring (bicyclic) bond motifs is 1. The zero-order chi connectivity index (χ0) is 27.6. The highest BCUT2D eigenvalue weighted by Gasteiger charge is 2.32. The molecule has 0 N–H and O–H groups in total. The van der Waals surface area contributed by atoms with E-state index in [-0.39, 0.29) is 28.8 Å². The lowest BCUT2D eigenvalue weighted by atomic mass is 9.80. The van der Waals surface area contributed by atoms with Crippen molar-refractivity contribution in [2.75, 3.05) is 11.9 Å². The number of benzene rings is 1. The van der Waals surface area contributed by atoms with Gasteiger partial charge in [0.15, 0.2) is 0 Å². The van der Waals surface area contributed by atoms with E-state index in [0.717, 1.165) is 42.5 Å². The molecular formula is C30H34N6O2. The lowest BCUT2D eigenvalue weighted by molar-refractivity contribution is -0.0000372. The Morgan fingerprint density at radius 2 is 1.79 bits per heavy atom. The van der Waals surface area contributed by atoms with Crippen molar-refractivity contribution in [1.82, 2.24) is 9.55 Å². The summed E-state index contributed by atoms with van der Waals surface area (Å²) >= 11 is 0. The maximum absolute atomic E-state index is 13.1. The fourth-order valence-electron chi connectivity index (χ4n) is 5.21. The van der Waals surface area contributed by atoms with Crippen LogP contribution in [0, 0.1) is 35.5 Å². The predicted molar refractivity (Wildman–Crippen MR) is 149 cm³/mol. The molecule has 8 nitrogen and oxygen atoms in total. The second-order valence-electron chi connectivity index (χ2n) is 11.0. The smallest absolute Gasteiger partial charge is 0.270 e. The van der Waals surface area contributed by atoms with Gasteiger partial charge in [0.1, 0.15) is 34.5 Å². The van der Waals surface area contributed by atoms with Gasteiger partial charge in [-0.3, -0.25) is 4.79 Å². The number of aromatic nitrogens is 2. The Labute approximate surface area is 223 Å². The van der Waals surface area contributed by atoms with Crippen LogP contribution in [-0.4, -0.2) is 34.0 Å². The minimum absolute atomic E-state index is 0.0490. The largest absolute Gasteiger partial charge is 0.390 e. The van der Waals surface area contributed by atoms with Crippen molar-refractivity contribution in [2.24, 2.45) is 18.1 Å². The minimum Gasteiger partial charge on any atom is -0.390 e. The van der Waals surface area contributed by atoms with Gasteiger partial charge in [-0.2, -0.15) is 10.5 Å². The van der Waals surface area contributed by atoms with Crippen molar-refractivity contribution in [3.8, 4) is 12.1 Å². The standard InChI is InChI=1S/C30H34N6O2/c1-19-9-7-8-10-23(19)26(34-38-30(2,3)4)20-11-14-22(15-12-20)35(5)28-24(18-32)29(37)36(6)25-16-13-21(17-31)33-27(25)28/h7-10,13,16,20,22H,11-12,14-15H2,1-6H3/b34-26-. The molecule has 8 heteroatoms. The SMILES string of the molecule is Cc1ccccc1/C(=N\OC(C)(C)C)C1CCC(N(C)c2c(C#N)c(=O)n(C)c3ccc(C#N)nc23)CC1. The van der Waals surface area contributed by atoms with E-state index >= 15 is 0 Å². The van der Waals surface area contributed by atoms with E-state index in [1.54, 1.807) is 19.2 Å². The fraction of sp³-hybridized carbons (Fsp3) is 0.433. The Hall–Kier alpha value is -4.17. The summed E-state index contributed by atoms with van der Waals surface area (Å²) in [5, 5.41) is 24.0. The quantitative estimate of drug-likeness (QED) is 0.345. The number of anilines is 1. The van der Waals surface area contributed by atoms with E-state index in [1.807, 2.05) is 44.9 Å². The number of hydrogen-bond acceptors (Lipinski definition) is 7. The van der Waals surface area contributed by atoms with Crippen molar-refractivity contribution in [3.63, 3.8) is 0 Å². The van der Waals surface area contributed by atoms with Crippen LogP contribution in [-0.2, 0) is 11.9 Å². The van der Waals surface area contributed by atoms with E-state index in [0.29, 0.717) is 16.7 Å². The lowest BCUT2D eigenvalue weighted by Gasteiger charge is -2.37. The van der Waals surface area contributed by atoms with E-state index in [9.17, 15) is 15.3 Å². The first-order valence-electron chi connectivity index (χ1n) is 12.9. The van der Waals surface area contributed by atoms with Crippen molar-refractivity contribution < 1.29 is 4.84 Å². The van der Waals surface area contributed by atoms with Crippen LogP contribution in [0.25, 0.3) is 11.0 Å². The first-order valence-corrected chi connectivity index (χ1v) is 12.9. The molecule has 0 radical (unpaired) electrons. The number of rotatable bonds is 5. The topological polar surface area (TPSA) is 107 Å². The van der Waals surface area contributed by atoms with Crippen LogP contribution >= 0.6 is 0 Å². The summed E-state index contributed by atoms with van der Waals surface area (Å²) in [5.41, 5.74) is 4.35. The van der Waals surface area contributed by atoms with Gasteiger partial charge >= 0.3 is 0 Å². The molecule has 0 bridgehead atoms. The normalized spacial score (nSPS) is 18.1. The maximum Gasteiger partial charge on any atom is 0.270 e. The monoisotopic (exact) mass is 510 g/mol. The van der Waals surface area contributed by atoms with Crippen molar-refractivity contribution in [1.29, 1.82) is 10.5 Å². The molecular weight excluding hydrogens is 476 g/mol. The molecule has 196 valence electrons. The molecule has 4 rings (SSSR count). The average molecular weight is 511 g/mol. The molecule has 1 aromatic carbocycles. The summed E-state index contributed by atoms with van der Waals surface area (Å²) in [6.07, 6.45) is 3.47.